The quantitative estimate of drug-likeness (QED) is 0.175. The van der Waals surface area contributed by atoms with Gasteiger partial charge in [0.05, 0.1) is 16.8 Å². The van der Waals surface area contributed by atoms with Gasteiger partial charge in [-0.2, -0.15) is 0 Å². The van der Waals surface area contributed by atoms with E-state index in [1.165, 1.54) is 33.0 Å². The Morgan fingerprint density at radius 1 is 0.681 bits per heavy atom. The molecule has 47 heavy (non-hydrogen) atoms. The molecule has 0 saturated heterocycles. The molecule has 1 unspecified atom stereocenters. The van der Waals surface area contributed by atoms with Crippen LogP contribution < -0.4 is 9.64 Å². The fourth-order valence-corrected chi connectivity index (χ4v) is 7.69. The third-order valence-corrected chi connectivity index (χ3v) is 9.49. The van der Waals surface area contributed by atoms with E-state index in [0.29, 0.717) is 0 Å². The second-order valence-corrected chi connectivity index (χ2v) is 11.9. The van der Waals surface area contributed by atoms with Gasteiger partial charge in [-0.15, -0.1) is 0 Å². The summed E-state index contributed by atoms with van der Waals surface area (Å²) in [4.78, 5) is 2.44. The van der Waals surface area contributed by atoms with E-state index < -0.39 is 5.41 Å². The molecule has 0 aromatic heterocycles. The minimum Gasteiger partial charge on any atom is -0.457 e. The van der Waals surface area contributed by atoms with Crippen LogP contribution in [0.15, 0.2) is 188 Å². The first-order valence-corrected chi connectivity index (χ1v) is 16.3. The van der Waals surface area contributed by atoms with Crippen LogP contribution in [0.4, 0.5) is 17.1 Å². The van der Waals surface area contributed by atoms with Gasteiger partial charge in [0.1, 0.15) is 11.5 Å². The molecule has 1 aliphatic heterocycles. The van der Waals surface area contributed by atoms with Crippen molar-refractivity contribution in [1.29, 1.82) is 0 Å². The van der Waals surface area contributed by atoms with E-state index >= 15 is 0 Å². The Morgan fingerprint density at radius 2 is 1.36 bits per heavy atom. The molecule has 2 nitrogen and oxygen atoms in total. The summed E-state index contributed by atoms with van der Waals surface area (Å²) in [6, 6.07) is 50.3. The van der Waals surface area contributed by atoms with E-state index in [-0.39, 0.29) is 0 Å². The number of para-hydroxylation sites is 2. The lowest BCUT2D eigenvalue weighted by Gasteiger charge is -2.41. The van der Waals surface area contributed by atoms with E-state index in [2.05, 4.69) is 176 Å². The maximum atomic E-state index is 6.72. The smallest absolute Gasteiger partial charge is 0.132 e. The Hall–Kier alpha value is -5.86. The fraction of sp³-hybridized carbons (Fsp3) is 0.0667. The molecule has 8 rings (SSSR count). The second-order valence-electron chi connectivity index (χ2n) is 11.9. The third-order valence-electron chi connectivity index (χ3n) is 9.49. The first-order chi connectivity index (χ1) is 23.3. The minimum atomic E-state index is -0.555. The Morgan fingerprint density at radius 3 is 2.21 bits per heavy atom. The number of anilines is 3. The van der Waals surface area contributed by atoms with Crippen molar-refractivity contribution in [3.8, 4) is 16.9 Å². The standard InChI is InChI=1S/C45H35NO/c1-3-5-6-10-30-42-36(4-2)45(38-26-15-16-31-43(38)47-42)37-25-14-13-24-35(37)44-39(45)27-18-29-41(44)46(33-21-8-7-9-22-33)40-28-17-20-32-19-11-12-23-34(32)40/h3-9,11-31H,1,10H2,2H3/b6-5-,36-4+,42-30+. The Balaban J connectivity index is 1.46. The van der Waals surface area contributed by atoms with Gasteiger partial charge < -0.3 is 9.64 Å². The zero-order chi connectivity index (χ0) is 31.8. The van der Waals surface area contributed by atoms with Gasteiger partial charge in [0.15, 0.2) is 0 Å². The van der Waals surface area contributed by atoms with E-state index in [1.54, 1.807) is 0 Å². The average molecular weight is 606 g/mol. The predicted molar refractivity (Wildman–Crippen MR) is 197 cm³/mol. The molecule has 2 aliphatic rings. The van der Waals surface area contributed by atoms with E-state index in [9.17, 15) is 0 Å². The number of ether oxygens (including phenoxy) is 1. The van der Waals surface area contributed by atoms with Crippen LogP contribution >= 0.6 is 0 Å². The molecule has 1 atom stereocenters. The summed E-state index contributed by atoms with van der Waals surface area (Å²) in [5.41, 5.74) is 10.2. The van der Waals surface area contributed by atoms with Gasteiger partial charge in [-0.05, 0) is 71.8 Å². The minimum absolute atomic E-state index is 0.555. The van der Waals surface area contributed by atoms with Crippen molar-refractivity contribution in [2.45, 2.75) is 18.8 Å². The fourth-order valence-electron chi connectivity index (χ4n) is 7.69. The Kier molecular flexibility index (Phi) is 7.19. The topological polar surface area (TPSA) is 12.5 Å². The van der Waals surface area contributed by atoms with Crippen LogP contribution in [0.5, 0.6) is 5.75 Å². The highest BCUT2D eigenvalue weighted by Gasteiger charge is 2.53. The predicted octanol–water partition coefficient (Wildman–Crippen LogP) is 12.0. The van der Waals surface area contributed by atoms with Crippen LogP contribution in [-0.4, -0.2) is 0 Å². The highest BCUT2D eigenvalue weighted by molar-refractivity contribution is 6.03. The summed E-state index contributed by atoms with van der Waals surface area (Å²) in [7, 11) is 0. The largest absolute Gasteiger partial charge is 0.457 e. The summed E-state index contributed by atoms with van der Waals surface area (Å²) >= 11 is 0. The normalized spacial score (nSPS) is 17.9. The highest BCUT2D eigenvalue weighted by Crippen LogP contribution is 2.63. The molecule has 1 heterocycles. The molecule has 0 bridgehead atoms. The molecule has 1 spiro atoms. The SMILES string of the molecule is C=C/C=C\C/C=C1/Oc2ccccc2C2(/C1=C/C)c1ccccc1-c1c(N(c3ccccc3)c3cccc4ccccc34)cccc12. The zero-order valence-electron chi connectivity index (χ0n) is 26.4. The summed E-state index contributed by atoms with van der Waals surface area (Å²) in [6.07, 6.45) is 11.1. The van der Waals surface area contributed by atoms with Crippen molar-refractivity contribution in [3.63, 3.8) is 0 Å². The number of fused-ring (bicyclic) bond motifs is 8. The van der Waals surface area contributed by atoms with E-state index in [4.69, 9.17) is 4.74 Å². The van der Waals surface area contributed by atoms with Crippen molar-refractivity contribution in [1.82, 2.24) is 0 Å². The molecule has 226 valence electrons. The van der Waals surface area contributed by atoms with Gasteiger partial charge in [0.25, 0.3) is 0 Å². The van der Waals surface area contributed by atoms with Crippen LogP contribution in [0.2, 0.25) is 0 Å². The van der Waals surface area contributed by atoms with Gasteiger partial charge in [-0.1, -0.05) is 140 Å². The van der Waals surface area contributed by atoms with Gasteiger partial charge in [0.2, 0.25) is 0 Å². The van der Waals surface area contributed by atoms with Crippen LogP contribution in [0.25, 0.3) is 21.9 Å². The van der Waals surface area contributed by atoms with Gasteiger partial charge in [-0.3, -0.25) is 0 Å². The lowest BCUT2D eigenvalue weighted by atomic mass is 9.65. The van der Waals surface area contributed by atoms with Crippen molar-refractivity contribution in [2.24, 2.45) is 0 Å². The lowest BCUT2D eigenvalue weighted by molar-refractivity contribution is 0.388. The molecule has 0 amide bonds. The molecule has 1 aliphatic carbocycles. The number of rotatable bonds is 6. The van der Waals surface area contributed by atoms with Crippen molar-refractivity contribution in [2.75, 3.05) is 4.90 Å². The first-order valence-electron chi connectivity index (χ1n) is 16.3. The molecular formula is C45H35NO. The van der Waals surface area contributed by atoms with E-state index in [0.717, 1.165) is 46.1 Å². The van der Waals surface area contributed by atoms with Gasteiger partial charge in [0, 0.05) is 27.8 Å². The average Bonchev–Trinajstić information content (AvgIpc) is 3.42. The summed E-state index contributed by atoms with van der Waals surface area (Å²) in [5.74, 6) is 1.78. The summed E-state index contributed by atoms with van der Waals surface area (Å²) in [6.45, 7) is 5.98. The molecule has 0 saturated carbocycles. The summed E-state index contributed by atoms with van der Waals surface area (Å²) in [5, 5.41) is 2.42. The Bertz CT molecular complexity index is 2230. The molecule has 2 heteroatoms. The number of nitrogens with zero attached hydrogens (tertiary/aromatic N) is 1. The van der Waals surface area contributed by atoms with Crippen LogP contribution in [0.1, 0.15) is 30.0 Å². The van der Waals surface area contributed by atoms with Gasteiger partial charge in [-0.25, -0.2) is 0 Å². The number of allylic oxidation sites excluding steroid dienone is 6. The monoisotopic (exact) mass is 605 g/mol. The number of hydrogen-bond donors (Lipinski definition) is 0. The van der Waals surface area contributed by atoms with Crippen LogP contribution in [0.3, 0.4) is 0 Å². The van der Waals surface area contributed by atoms with Crippen LogP contribution in [0, 0.1) is 0 Å². The molecule has 0 radical (unpaired) electrons. The Labute approximate surface area is 276 Å². The number of hydrogen-bond acceptors (Lipinski definition) is 2. The third kappa shape index (κ3) is 4.40. The van der Waals surface area contributed by atoms with E-state index in [1.807, 2.05) is 12.2 Å². The van der Waals surface area contributed by atoms with Crippen molar-refractivity contribution in [3.05, 3.63) is 205 Å². The second kappa shape index (κ2) is 11.8. The van der Waals surface area contributed by atoms with Crippen molar-refractivity contribution >= 4 is 27.8 Å². The molecule has 0 fully saturated rings. The first kappa shape index (κ1) is 28.6. The van der Waals surface area contributed by atoms with Crippen molar-refractivity contribution < 1.29 is 4.74 Å². The van der Waals surface area contributed by atoms with Crippen LogP contribution in [-0.2, 0) is 5.41 Å². The number of benzene rings is 6. The maximum absolute atomic E-state index is 6.72. The lowest BCUT2D eigenvalue weighted by Crippen LogP contribution is -2.35. The van der Waals surface area contributed by atoms with Gasteiger partial charge >= 0.3 is 0 Å². The zero-order valence-corrected chi connectivity index (χ0v) is 26.4. The molecule has 6 aromatic rings. The molecule has 0 N–H and O–H groups in total. The highest BCUT2D eigenvalue weighted by atomic mass is 16.5. The molecule has 6 aromatic carbocycles. The maximum Gasteiger partial charge on any atom is 0.132 e. The molecular weight excluding hydrogens is 571 g/mol. The summed E-state index contributed by atoms with van der Waals surface area (Å²) < 4.78 is 6.72.